The summed E-state index contributed by atoms with van der Waals surface area (Å²) in [6.45, 7) is 5.10. The number of halogens is 2. The Bertz CT molecular complexity index is 2380. The average molecular weight is 903 g/mol. The Morgan fingerprint density at radius 2 is 1.82 bits per heavy atom. The van der Waals surface area contributed by atoms with Crippen LogP contribution in [-0.2, 0) is 20.9 Å². The number of para-hydroxylation sites is 2. The molecule has 0 bridgehead atoms. The van der Waals surface area contributed by atoms with Gasteiger partial charge in [-0.25, -0.2) is 18.2 Å². The molecule has 2 fully saturated rings. The third-order valence-electron chi connectivity index (χ3n) is 14.7. The van der Waals surface area contributed by atoms with Crippen LogP contribution in [0.4, 0.5) is 8.78 Å². The van der Waals surface area contributed by atoms with E-state index in [0.717, 1.165) is 85.0 Å². The van der Waals surface area contributed by atoms with Gasteiger partial charge in [0.25, 0.3) is 5.84 Å². The highest BCUT2D eigenvalue weighted by Crippen LogP contribution is 2.42. The fourth-order valence-corrected chi connectivity index (χ4v) is 10.9. The molecule has 0 saturated carbocycles. The quantitative estimate of drug-likeness (QED) is 0.0512. The van der Waals surface area contributed by atoms with Crippen molar-refractivity contribution in [3.8, 4) is 0 Å². The molecule has 1 aromatic carbocycles. The van der Waals surface area contributed by atoms with Crippen molar-refractivity contribution >= 4 is 40.8 Å². The van der Waals surface area contributed by atoms with Crippen molar-refractivity contribution in [2.45, 2.75) is 121 Å². The minimum absolute atomic E-state index is 0.0111. The van der Waals surface area contributed by atoms with Crippen molar-refractivity contribution in [1.82, 2.24) is 35.0 Å². The van der Waals surface area contributed by atoms with Gasteiger partial charge in [-0.3, -0.25) is 44.9 Å². The second-order valence-corrected chi connectivity index (χ2v) is 18.9. The van der Waals surface area contributed by atoms with Crippen LogP contribution in [0.5, 0.6) is 0 Å². The van der Waals surface area contributed by atoms with E-state index in [9.17, 15) is 33.2 Å². The number of hydroxylamine groups is 3. The topological polar surface area (TPSA) is 185 Å². The number of carbonyl (C=O) groups excluding carboxylic acids is 3. The number of aromatic nitrogens is 2. The van der Waals surface area contributed by atoms with E-state index >= 15 is 0 Å². The molecule has 5 unspecified atom stereocenters. The fraction of sp³-hybridized carbons (Fsp3) is 0.617. The lowest BCUT2D eigenvalue weighted by Crippen LogP contribution is -2.55. The highest BCUT2D eigenvalue weighted by molar-refractivity contribution is 6.00. The van der Waals surface area contributed by atoms with Crippen molar-refractivity contribution < 1.29 is 32.4 Å². The van der Waals surface area contributed by atoms with Crippen LogP contribution in [0.2, 0.25) is 0 Å². The zero-order valence-electron chi connectivity index (χ0n) is 38.1. The molecule has 5 N–H and O–H groups in total. The van der Waals surface area contributed by atoms with Crippen LogP contribution < -0.4 is 27.4 Å². The maximum Gasteiger partial charge on any atom is 0.329 e. The van der Waals surface area contributed by atoms with E-state index in [4.69, 9.17) is 5.73 Å². The number of hydrazone groups is 1. The van der Waals surface area contributed by atoms with Crippen LogP contribution in [0.25, 0.3) is 11.0 Å². The largest absolute Gasteiger partial charge is 0.632 e. The molecule has 6 heterocycles. The third kappa shape index (κ3) is 9.71. The van der Waals surface area contributed by atoms with Gasteiger partial charge in [-0.1, -0.05) is 31.1 Å². The van der Waals surface area contributed by atoms with Crippen LogP contribution in [0.15, 0.2) is 68.4 Å². The summed E-state index contributed by atoms with van der Waals surface area (Å²) in [5, 5.41) is 29.4. The summed E-state index contributed by atoms with van der Waals surface area (Å²) in [4.78, 5) is 53.3. The Kier molecular flexibility index (Phi) is 14.1. The molecule has 5 aliphatic heterocycles. The number of nitrogens with two attached hydrogens (primary N) is 1. The number of nitrogens with one attached hydrogen (secondary N) is 3. The van der Waals surface area contributed by atoms with Crippen molar-refractivity contribution in [2.24, 2.45) is 22.7 Å². The Morgan fingerprint density at radius 3 is 2.52 bits per heavy atom. The van der Waals surface area contributed by atoms with Gasteiger partial charge in [-0.05, 0) is 82.2 Å². The molecule has 352 valence electrons. The number of benzene rings is 1. The average Bonchev–Trinajstić information content (AvgIpc) is 3.77. The standard InChI is InChI=1S/C47H65F2N11O5/c1-30-35(27-52-55(30)3)33-25-31-11-10-21-57(41(31)26-34(33)44(48)49)45(50)36-28-60(65,29-51-2)24-19-37(36)53-32-17-22-56(23-18-32)43(62)14-6-4-5-9-20-58-38-12-7-8-13-39(38)59(47(58)64)40-15-16-42(61)54-46(40)63/h7-8,12-13,25,27,30,32,34-35,40,44,51H,4-6,9-11,14-24,26,28-29H2,1-3H3,(H3,50,53,54,61,63)/p+1. The summed E-state index contributed by atoms with van der Waals surface area (Å²) in [5.41, 5.74) is 12.6. The number of quaternary nitrogens is 1. The number of hydrogen-bond acceptors (Lipinski definition) is 9. The van der Waals surface area contributed by atoms with Crippen LogP contribution in [-0.4, -0.2) is 130 Å². The smallest absolute Gasteiger partial charge is 0.329 e. The number of hydrogen-bond donors (Lipinski definition) is 4. The van der Waals surface area contributed by atoms with Gasteiger partial charge >= 0.3 is 5.69 Å². The molecule has 8 rings (SSSR count). The van der Waals surface area contributed by atoms with E-state index in [2.05, 4.69) is 21.1 Å². The predicted molar refractivity (Wildman–Crippen MR) is 244 cm³/mol. The molecule has 6 aliphatic rings. The van der Waals surface area contributed by atoms with E-state index in [-0.39, 0.29) is 68.0 Å². The first-order valence-electron chi connectivity index (χ1n) is 23.7. The molecule has 3 amide bonds. The minimum atomic E-state index is -2.54. The van der Waals surface area contributed by atoms with Gasteiger partial charge in [0, 0.05) is 82.2 Å². The number of nitrogens with zero attached hydrogens (tertiary/aromatic N) is 7. The molecule has 0 radical (unpaired) electrons. The third-order valence-corrected chi connectivity index (χ3v) is 14.7. The van der Waals surface area contributed by atoms with Crippen molar-refractivity contribution in [2.75, 3.05) is 53.5 Å². The number of alkyl halides is 2. The highest BCUT2D eigenvalue weighted by Gasteiger charge is 2.42. The molecular formula is C47H66F2N11O5+. The summed E-state index contributed by atoms with van der Waals surface area (Å²) in [6, 6.07) is 6.77. The number of likely N-dealkylation sites (tertiary alicyclic amines) is 1. The number of imide groups is 1. The summed E-state index contributed by atoms with van der Waals surface area (Å²) in [5.74, 6) is -1.32. The number of rotatable bonds is 15. The molecule has 0 spiro atoms. The maximum absolute atomic E-state index is 14.9. The van der Waals surface area contributed by atoms with Gasteiger partial charge in [0.2, 0.25) is 24.1 Å². The number of amidine groups is 1. The van der Waals surface area contributed by atoms with Gasteiger partial charge in [0.05, 0.1) is 30.2 Å². The van der Waals surface area contributed by atoms with Crippen molar-refractivity contribution in [3.63, 3.8) is 0 Å². The molecule has 2 saturated heterocycles. The normalized spacial score (nSPS) is 27.5. The summed E-state index contributed by atoms with van der Waals surface area (Å²) in [6.07, 6.45) is 9.10. The first-order valence-corrected chi connectivity index (χ1v) is 23.7. The number of carbonyl (C=O) groups is 3. The monoisotopic (exact) mass is 903 g/mol. The number of allylic oxidation sites excluding steroid dienone is 3. The van der Waals surface area contributed by atoms with Gasteiger partial charge in [0.15, 0.2) is 0 Å². The summed E-state index contributed by atoms with van der Waals surface area (Å²) in [7, 11) is 3.64. The summed E-state index contributed by atoms with van der Waals surface area (Å²) < 4.78 is 34.5. The molecule has 2 aromatic rings. The highest BCUT2D eigenvalue weighted by atomic mass is 19.3. The molecule has 5 atom stereocenters. The number of unbranched alkanes of at least 4 members (excludes halogenated alkanes) is 3. The van der Waals surface area contributed by atoms with Gasteiger partial charge in [0.1, 0.15) is 30.5 Å². The maximum atomic E-state index is 14.9. The number of amides is 3. The second kappa shape index (κ2) is 19.7. The molecule has 1 aliphatic carbocycles. The molecule has 16 nitrogen and oxygen atoms in total. The number of imidazole rings is 1. The second-order valence-electron chi connectivity index (χ2n) is 18.9. The first-order chi connectivity index (χ1) is 31.3. The Morgan fingerprint density at radius 1 is 1.06 bits per heavy atom. The Labute approximate surface area is 379 Å². The van der Waals surface area contributed by atoms with Gasteiger partial charge in [-0.15, -0.1) is 0 Å². The Hall–Kier alpha value is -5.20. The van der Waals surface area contributed by atoms with Crippen LogP contribution >= 0.6 is 0 Å². The zero-order chi connectivity index (χ0) is 46.0. The lowest BCUT2D eigenvalue weighted by molar-refractivity contribution is -0.879. The van der Waals surface area contributed by atoms with E-state index in [1.165, 1.54) is 4.57 Å². The van der Waals surface area contributed by atoms with E-state index in [0.29, 0.717) is 56.9 Å². The van der Waals surface area contributed by atoms with Crippen LogP contribution in [0, 0.1) is 17.0 Å². The number of aryl methyl sites for hydroxylation is 1. The molecular weight excluding hydrogens is 837 g/mol. The SMILES string of the molecule is CNC[N+]1([O-])CCC(NC2CCN(C(=O)CCCCCCn3c(=O)n(C4CCC(=O)NC4=O)c4ccccc43)CC2)=C(C(N)=[N+]2CCCC3=C2CC(C(F)F)C(C2C=NN(C)C2C)=C3)C1. The van der Waals surface area contributed by atoms with E-state index < -0.39 is 28.9 Å². The molecule has 1 aromatic heterocycles. The predicted octanol–water partition coefficient (Wildman–Crippen LogP) is 4.03. The van der Waals surface area contributed by atoms with E-state index in [1.54, 1.807) is 17.8 Å². The Balaban J connectivity index is 0.875. The minimum Gasteiger partial charge on any atom is -0.632 e. The van der Waals surface area contributed by atoms with Gasteiger partial charge < -0.3 is 20.1 Å². The van der Waals surface area contributed by atoms with E-state index in [1.807, 2.05) is 58.8 Å². The molecule has 18 heteroatoms. The lowest BCUT2D eigenvalue weighted by Gasteiger charge is -2.46. The van der Waals surface area contributed by atoms with Gasteiger partial charge in [-0.2, -0.15) is 5.10 Å². The number of piperidine rings is 2. The molecule has 65 heavy (non-hydrogen) atoms. The van der Waals surface area contributed by atoms with Crippen LogP contribution in [0.1, 0.15) is 96.4 Å². The van der Waals surface area contributed by atoms with Crippen molar-refractivity contribution in [3.05, 3.63) is 74.1 Å². The summed E-state index contributed by atoms with van der Waals surface area (Å²) >= 11 is 0. The fourth-order valence-electron chi connectivity index (χ4n) is 10.9. The lowest BCUT2D eigenvalue weighted by atomic mass is 9.76. The van der Waals surface area contributed by atoms with Crippen molar-refractivity contribution in [1.29, 1.82) is 0 Å². The van der Waals surface area contributed by atoms with Crippen LogP contribution in [0.3, 0.4) is 0 Å². The number of fused-ring (bicyclic) bond motifs is 1. The zero-order valence-corrected chi connectivity index (χ0v) is 38.1. The first kappa shape index (κ1) is 46.3.